The molecular weight excluding hydrogens is 483 g/mol. The van der Waals surface area contributed by atoms with Crippen LogP contribution >= 0.6 is 0 Å². The van der Waals surface area contributed by atoms with Crippen molar-refractivity contribution in [1.29, 1.82) is 0 Å². The average Bonchev–Trinajstić information content (AvgIpc) is 3.05. The first kappa shape index (κ1) is 24.7. The van der Waals surface area contributed by atoms with Crippen LogP contribution in [0.1, 0.15) is 22.3 Å². The van der Waals surface area contributed by atoms with Crippen molar-refractivity contribution in [2.75, 3.05) is 33.3 Å². The predicted octanol–water partition coefficient (Wildman–Crippen LogP) is 5.59. The molecule has 0 radical (unpaired) electrons. The number of amides is 1. The number of hydrogen-bond acceptors (Lipinski definition) is 5. The molecule has 2 heterocycles. The number of piperazine rings is 1. The molecule has 37 heavy (non-hydrogen) atoms. The minimum absolute atomic E-state index is 0.0207. The van der Waals surface area contributed by atoms with Crippen LogP contribution in [0.3, 0.4) is 0 Å². The van der Waals surface area contributed by atoms with Gasteiger partial charge in [-0.3, -0.25) is 4.79 Å². The summed E-state index contributed by atoms with van der Waals surface area (Å²) in [5, 5.41) is 0. The number of methoxy groups -OCH3 is 1. The molecule has 9 heteroatoms. The highest BCUT2D eigenvalue weighted by Gasteiger charge is 2.33. The van der Waals surface area contributed by atoms with E-state index in [-0.39, 0.29) is 23.8 Å². The Balaban J connectivity index is 1.38. The van der Waals surface area contributed by atoms with Crippen molar-refractivity contribution in [3.05, 3.63) is 82.9 Å². The maximum Gasteiger partial charge on any atom is 0.416 e. The highest BCUT2D eigenvalue weighted by molar-refractivity contribution is 6.04. The average molecular weight is 510 g/mol. The first-order valence-corrected chi connectivity index (χ1v) is 12.0. The zero-order valence-electron chi connectivity index (χ0n) is 20.5. The topological polar surface area (TPSA) is 54.4 Å². The van der Waals surface area contributed by atoms with E-state index in [1.807, 2.05) is 54.3 Å². The molecule has 2 aliphatic heterocycles. The number of rotatable bonds is 3. The molecule has 5 rings (SSSR count). The first-order valence-electron chi connectivity index (χ1n) is 12.0. The number of alkyl halides is 3. The van der Waals surface area contributed by atoms with Gasteiger partial charge in [-0.25, -0.2) is 4.99 Å². The van der Waals surface area contributed by atoms with Crippen LogP contribution in [0.2, 0.25) is 0 Å². The van der Waals surface area contributed by atoms with Gasteiger partial charge in [0.1, 0.15) is 23.0 Å². The van der Waals surface area contributed by atoms with Crippen LogP contribution in [0.4, 0.5) is 18.9 Å². The molecule has 1 amide bonds. The number of halogens is 3. The predicted molar refractivity (Wildman–Crippen MR) is 134 cm³/mol. The lowest BCUT2D eigenvalue weighted by molar-refractivity contribution is -0.137. The molecule has 0 spiro atoms. The molecule has 3 aromatic rings. The maximum absolute atomic E-state index is 13.4. The van der Waals surface area contributed by atoms with Crippen LogP contribution in [0.5, 0.6) is 17.2 Å². The highest BCUT2D eigenvalue weighted by atomic mass is 19.4. The van der Waals surface area contributed by atoms with Crippen molar-refractivity contribution < 1.29 is 27.4 Å². The molecule has 0 aromatic heterocycles. The Morgan fingerprint density at radius 3 is 2.35 bits per heavy atom. The second-order valence-corrected chi connectivity index (χ2v) is 9.11. The highest BCUT2D eigenvalue weighted by Crippen LogP contribution is 2.42. The van der Waals surface area contributed by atoms with Crippen molar-refractivity contribution in [3.8, 4) is 17.2 Å². The van der Waals surface area contributed by atoms with E-state index in [0.29, 0.717) is 43.3 Å². The van der Waals surface area contributed by atoms with Crippen LogP contribution < -0.4 is 9.47 Å². The smallest absolute Gasteiger partial charge is 0.416 e. The van der Waals surface area contributed by atoms with Crippen molar-refractivity contribution >= 4 is 17.4 Å². The van der Waals surface area contributed by atoms with Crippen LogP contribution in [0.25, 0.3) is 0 Å². The van der Waals surface area contributed by atoms with Crippen molar-refractivity contribution in [2.24, 2.45) is 4.99 Å². The molecule has 6 nitrogen and oxygen atoms in total. The summed E-state index contributed by atoms with van der Waals surface area (Å²) >= 11 is 0. The zero-order chi connectivity index (χ0) is 26.2. The molecule has 192 valence electrons. The molecule has 0 aliphatic carbocycles. The van der Waals surface area contributed by atoms with Crippen LogP contribution in [0, 0.1) is 6.92 Å². The van der Waals surface area contributed by atoms with Gasteiger partial charge in [-0.2, -0.15) is 13.2 Å². The fourth-order valence-corrected chi connectivity index (χ4v) is 4.51. The number of carbonyl (C=O) groups is 1. The quantitative estimate of drug-likeness (QED) is 0.462. The Kier molecular flexibility index (Phi) is 6.54. The Bertz CT molecular complexity index is 1350. The van der Waals surface area contributed by atoms with E-state index in [2.05, 4.69) is 4.99 Å². The lowest BCUT2D eigenvalue weighted by Crippen LogP contribution is -2.51. The summed E-state index contributed by atoms with van der Waals surface area (Å²) in [4.78, 5) is 21.4. The summed E-state index contributed by atoms with van der Waals surface area (Å²) in [6, 6.07) is 16.4. The van der Waals surface area contributed by atoms with Crippen molar-refractivity contribution in [2.45, 2.75) is 19.5 Å². The molecule has 3 aromatic carbocycles. The van der Waals surface area contributed by atoms with Gasteiger partial charge in [-0.15, -0.1) is 0 Å². The summed E-state index contributed by atoms with van der Waals surface area (Å²) in [7, 11) is 1.60. The van der Waals surface area contributed by atoms with Gasteiger partial charge in [0.05, 0.1) is 24.7 Å². The summed E-state index contributed by atoms with van der Waals surface area (Å²) in [6.45, 7) is 3.88. The Morgan fingerprint density at radius 1 is 0.973 bits per heavy atom. The Labute approximate surface area is 212 Å². The van der Waals surface area contributed by atoms with Gasteiger partial charge in [0.15, 0.2) is 5.75 Å². The minimum atomic E-state index is -4.49. The van der Waals surface area contributed by atoms with E-state index in [0.717, 1.165) is 29.0 Å². The van der Waals surface area contributed by atoms with Gasteiger partial charge in [0.2, 0.25) is 5.91 Å². The fourth-order valence-electron chi connectivity index (χ4n) is 4.51. The minimum Gasteiger partial charge on any atom is -0.497 e. The SMILES string of the molecule is COc1ccc(CC(=O)N2CCN(C3=Nc4cc(C(F)(F)F)ccc4Oc4ccc(C)cc43)CC2)cc1. The van der Waals surface area contributed by atoms with Crippen LogP contribution in [0.15, 0.2) is 65.7 Å². The third-order valence-corrected chi connectivity index (χ3v) is 6.55. The molecule has 1 saturated heterocycles. The van der Waals surface area contributed by atoms with E-state index in [4.69, 9.17) is 9.47 Å². The summed E-state index contributed by atoms with van der Waals surface area (Å²) in [5.74, 6) is 2.09. The number of fused-ring (bicyclic) bond motifs is 2. The number of aliphatic imine (C=N–C) groups is 1. The van der Waals surface area contributed by atoms with Crippen molar-refractivity contribution in [3.63, 3.8) is 0 Å². The van der Waals surface area contributed by atoms with E-state index in [1.165, 1.54) is 6.07 Å². The van der Waals surface area contributed by atoms with Crippen LogP contribution in [-0.2, 0) is 17.4 Å². The molecule has 2 aliphatic rings. The monoisotopic (exact) mass is 509 g/mol. The van der Waals surface area contributed by atoms with Gasteiger partial charge in [0.25, 0.3) is 0 Å². The first-order chi connectivity index (χ1) is 17.7. The lowest BCUT2D eigenvalue weighted by atomic mass is 10.1. The van der Waals surface area contributed by atoms with E-state index < -0.39 is 11.7 Å². The van der Waals surface area contributed by atoms with Gasteiger partial charge in [-0.05, 0) is 55.0 Å². The van der Waals surface area contributed by atoms with Gasteiger partial charge < -0.3 is 19.3 Å². The number of carbonyl (C=O) groups excluding carboxylic acids is 1. The summed E-state index contributed by atoms with van der Waals surface area (Å²) in [6.07, 6.45) is -4.20. The second-order valence-electron chi connectivity index (χ2n) is 9.11. The number of aryl methyl sites for hydroxylation is 1. The van der Waals surface area contributed by atoms with Crippen LogP contribution in [-0.4, -0.2) is 54.8 Å². The van der Waals surface area contributed by atoms with E-state index in [9.17, 15) is 18.0 Å². The van der Waals surface area contributed by atoms with Gasteiger partial charge >= 0.3 is 6.18 Å². The van der Waals surface area contributed by atoms with E-state index >= 15 is 0 Å². The molecule has 0 saturated carbocycles. The Hall–Kier alpha value is -4.01. The lowest BCUT2D eigenvalue weighted by Gasteiger charge is -2.36. The summed E-state index contributed by atoms with van der Waals surface area (Å²) in [5.41, 5.74) is 1.93. The number of nitrogens with zero attached hydrogens (tertiary/aromatic N) is 3. The van der Waals surface area contributed by atoms with E-state index in [1.54, 1.807) is 12.0 Å². The third kappa shape index (κ3) is 5.26. The third-order valence-electron chi connectivity index (χ3n) is 6.55. The second kappa shape index (κ2) is 9.80. The molecule has 1 fully saturated rings. The zero-order valence-corrected chi connectivity index (χ0v) is 20.5. The molecule has 0 atom stereocenters. The normalized spacial score (nSPS) is 15.2. The number of ether oxygens (including phenoxy) is 2. The standard InChI is InChI=1S/C28H26F3N3O3/c1-18-3-9-24-22(15-18)27(32-23-17-20(28(29,30)31)6-10-25(23)37-24)34-13-11-33(12-14-34)26(35)16-19-4-7-21(36-2)8-5-19/h3-10,15,17H,11-14,16H2,1-2H3. The fraction of sp³-hybridized carbons (Fsp3) is 0.286. The van der Waals surface area contributed by atoms with Gasteiger partial charge in [-0.1, -0.05) is 23.8 Å². The molecule has 0 unspecified atom stereocenters. The molecular formula is C28H26F3N3O3. The molecule has 0 bridgehead atoms. The summed E-state index contributed by atoms with van der Waals surface area (Å²) < 4.78 is 51.4. The number of benzene rings is 3. The number of amidine groups is 1. The maximum atomic E-state index is 13.4. The number of hydrogen-bond donors (Lipinski definition) is 0. The van der Waals surface area contributed by atoms with Gasteiger partial charge in [0, 0.05) is 26.2 Å². The largest absolute Gasteiger partial charge is 0.497 e. The Morgan fingerprint density at radius 2 is 1.68 bits per heavy atom. The molecule has 0 N–H and O–H groups in total. The van der Waals surface area contributed by atoms with Crippen molar-refractivity contribution in [1.82, 2.24) is 9.80 Å².